The largest absolute Gasteiger partial charge is 0.354 e. The number of nitrogens with one attached hydrogen (secondary N) is 1. The minimum Gasteiger partial charge on any atom is -0.354 e. The van der Waals surface area contributed by atoms with Crippen molar-refractivity contribution in [3.05, 3.63) is 35.4 Å². The summed E-state index contributed by atoms with van der Waals surface area (Å²) in [6.07, 6.45) is 4.75. The summed E-state index contributed by atoms with van der Waals surface area (Å²) in [7, 11) is 0. The van der Waals surface area contributed by atoms with Crippen LogP contribution in [0.2, 0.25) is 0 Å². The van der Waals surface area contributed by atoms with Crippen molar-refractivity contribution in [1.29, 1.82) is 0 Å². The molecule has 0 aromatic heterocycles. The molecule has 0 radical (unpaired) electrons. The van der Waals surface area contributed by atoms with Gasteiger partial charge >= 0.3 is 0 Å². The number of amides is 1. The first-order chi connectivity index (χ1) is 9.33. The number of nitrogens with two attached hydrogens (primary N) is 1. The Bertz CT molecular complexity index is 482. The zero-order valence-corrected chi connectivity index (χ0v) is 12.8. The summed E-state index contributed by atoms with van der Waals surface area (Å²) < 4.78 is 0. The zero-order chi connectivity index (χ0) is 14.8. The average Bonchev–Trinajstić information content (AvgIpc) is 2.85. The minimum atomic E-state index is -0.813. The van der Waals surface area contributed by atoms with Crippen LogP contribution in [-0.4, -0.2) is 18.0 Å². The fourth-order valence-electron chi connectivity index (χ4n) is 3.07. The van der Waals surface area contributed by atoms with Crippen LogP contribution in [0.3, 0.4) is 0 Å². The molecule has 0 bridgehead atoms. The molecular formula is C17H26N2O. The molecule has 0 saturated heterocycles. The monoisotopic (exact) mass is 274 g/mol. The van der Waals surface area contributed by atoms with Crippen molar-refractivity contribution in [3.63, 3.8) is 0 Å². The van der Waals surface area contributed by atoms with Gasteiger partial charge in [0.15, 0.2) is 0 Å². The molecule has 110 valence electrons. The van der Waals surface area contributed by atoms with E-state index in [9.17, 15) is 4.79 Å². The van der Waals surface area contributed by atoms with Gasteiger partial charge in [0.25, 0.3) is 0 Å². The first kappa shape index (κ1) is 15.0. The molecule has 1 aliphatic rings. The predicted molar refractivity (Wildman–Crippen MR) is 82.6 cm³/mol. The molecule has 3 heteroatoms. The van der Waals surface area contributed by atoms with Crippen LogP contribution >= 0.6 is 0 Å². The second kappa shape index (κ2) is 5.57. The van der Waals surface area contributed by atoms with E-state index in [2.05, 4.69) is 36.5 Å². The highest BCUT2D eigenvalue weighted by Gasteiger charge is 2.36. The maximum atomic E-state index is 12.0. The van der Waals surface area contributed by atoms with Gasteiger partial charge in [-0.25, -0.2) is 0 Å². The number of carbonyl (C=O) groups excluding carboxylic acids is 1. The molecule has 3 N–H and O–H groups in total. The number of carbonyl (C=O) groups is 1. The first-order valence-corrected chi connectivity index (χ1v) is 7.48. The molecule has 1 fully saturated rings. The Morgan fingerprint density at radius 3 is 2.55 bits per heavy atom. The van der Waals surface area contributed by atoms with Gasteiger partial charge in [-0.3, -0.25) is 4.79 Å². The Morgan fingerprint density at radius 1 is 1.35 bits per heavy atom. The number of hydrogen-bond acceptors (Lipinski definition) is 2. The molecule has 1 saturated carbocycles. The number of rotatable bonds is 4. The van der Waals surface area contributed by atoms with E-state index in [-0.39, 0.29) is 11.3 Å². The average molecular weight is 274 g/mol. The van der Waals surface area contributed by atoms with Crippen LogP contribution in [-0.2, 0) is 10.2 Å². The van der Waals surface area contributed by atoms with Gasteiger partial charge in [-0.15, -0.1) is 0 Å². The molecule has 20 heavy (non-hydrogen) atoms. The standard InChI is InChI=1S/C17H26N2O/c1-13-7-6-8-14(11-13)17(9-4-5-10-17)12-19-15(20)16(2,3)18/h6-8,11H,4-5,9-10,12,18H2,1-3H3,(H,19,20). The Kier molecular flexibility index (Phi) is 4.19. The maximum absolute atomic E-state index is 12.0. The van der Waals surface area contributed by atoms with E-state index in [4.69, 9.17) is 5.73 Å². The van der Waals surface area contributed by atoms with Crippen molar-refractivity contribution in [2.24, 2.45) is 5.73 Å². The van der Waals surface area contributed by atoms with Crippen LogP contribution in [0.25, 0.3) is 0 Å². The minimum absolute atomic E-state index is 0.0728. The van der Waals surface area contributed by atoms with E-state index >= 15 is 0 Å². The van der Waals surface area contributed by atoms with E-state index in [1.165, 1.54) is 24.0 Å². The highest BCUT2D eigenvalue weighted by molar-refractivity contribution is 5.85. The lowest BCUT2D eigenvalue weighted by Crippen LogP contribution is -2.52. The lowest BCUT2D eigenvalue weighted by molar-refractivity contribution is -0.125. The predicted octanol–water partition coefficient (Wildman–Crippen LogP) is 2.66. The van der Waals surface area contributed by atoms with Crippen LogP contribution in [0, 0.1) is 6.92 Å². The molecule has 0 aliphatic heterocycles. The van der Waals surface area contributed by atoms with Gasteiger partial charge < -0.3 is 11.1 Å². The Hall–Kier alpha value is -1.35. The fraction of sp³-hybridized carbons (Fsp3) is 0.588. The van der Waals surface area contributed by atoms with Crippen LogP contribution in [0.5, 0.6) is 0 Å². The van der Waals surface area contributed by atoms with Crippen molar-refractivity contribution in [2.75, 3.05) is 6.54 Å². The summed E-state index contributed by atoms with van der Waals surface area (Å²) in [5.74, 6) is -0.0728. The molecule has 2 rings (SSSR count). The van der Waals surface area contributed by atoms with E-state index in [0.717, 1.165) is 12.8 Å². The van der Waals surface area contributed by atoms with Gasteiger partial charge in [0, 0.05) is 12.0 Å². The van der Waals surface area contributed by atoms with E-state index < -0.39 is 5.54 Å². The third-order valence-corrected chi connectivity index (χ3v) is 4.36. The van der Waals surface area contributed by atoms with Gasteiger partial charge in [0.1, 0.15) is 0 Å². The lowest BCUT2D eigenvalue weighted by atomic mass is 9.78. The smallest absolute Gasteiger partial charge is 0.239 e. The molecule has 1 aromatic rings. The van der Waals surface area contributed by atoms with Crippen molar-refractivity contribution in [2.45, 2.75) is 57.4 Å². The highest BCUT2D eigenvalue weighted by Crippen LogP contribution is 2.40. The third-order valence-electron chi connectivity index (χ3n) is 4.36. The van der Waals surface area contributed by atoms with Gasteiger partial charge in [-0.05, 0) is 39.2 Å². The molecule has 1 aliphatic carbocycles. The van der Waals surface area contributed by atoms with E-state index in [1.54, 1.807) is 13.8 Å². The van der Waals surface area contributed by atoms with Crippen molar-refractivity contribution >= 4 is 5.91 Å². The maximum Gasteiger partial charge on any atom is 0.239 e. The fourth-order valence-corrected chi connectivity index (χ4v) is 3.07. The molecule has 1 aromatic carbocycles. The first-order valence-electron chi connectivity index (χ1n) is 7.48. The van der Waals surface area contributed by atoms with E-state index in [1.807, 2.05) is 0 Å². The quantitative estimate of drug-likeness (QED) is 0.887. The Balaban J connectivity index is 2.17. The summed E-state index contributed by atoms with van der Waals surface area (Å²) >= 11 is 0. The molecule has 0 atom stereocenters. The van der Waals surface area contributed by atoms with Gasteiger partial charge in [-0.1, -0.05) is 42.7 Å². The molecule has 3 nitrogen and oxygen atoms in total. The van der Waals surface area contributed by atoms with Gasteiger partial charge in [0.05, 0.1) is 5.54 Å². The SMILES string of the molecule is Cc1cccc(C2(CNC(=O)C(C)(C)N)CCCC2)c1. The van der Waals surface area contributed by atoms with Crippen LogP contribution in [0.4, 0.5) is 0 Å². The number of aryl methyl sites for hydroxylation is 1. The van der Waals surface area contributed by atoms with Gasteiger partial charge in [0.2, 0.25) is 5.91 Å². The Morgan fingerprint density at radius 2 is 2.00 bits per heavy atom. The van der Waals surface area contributed by atoms with Crippen LogP contribution in [0.1, 0.15) is 50.7 Å². The normalized spacial score (nSPS) is 18.0. The number of benzene rings is 1. The summed E-state index contributed by atoms with van der Waals surface area (Å²) in [5.41, 5.74) is 7.76. The molecule has 0 spiro atoms. The summed E-state index contributed by atoms with van der Waals surface area (Å²) in [6, 6.07) is 8.68. The molecule has 0 heterocycles. The third kappa shape index (κ3) is 3.21. The van der Waals surface area contributed by atoms with E-state index in [0.29, 0.717) is 6.54 Å². The second-order valence-corrected chi connectivity index (χ2v) is 6.76. The summed E-state index contributed by atoms with van der Waals surface area (Å²) in [5, 5.41) is 3.06. The van der Waals surface area contributed by atoms with Crippen molar-refractivity contribution in [1.82, 2.24) is 5.32 Å². The second-order valence-electron chi connectivity index (χ2n) is 6.76. The molecular weight excluding hydrogens is 248 g/mol. The topological polar surface area (TPSA) is 55.1 Å². The van der Waals surface area contributed by atoms with Gasteiger partial charge in [-0.2, -0.15) is 0 Å². The molecule has 0 unspecified atom stereocenters. The molecule has 1 amide bonds. The van der Waals surface area contributed by atoms with Crippen molar-refractivity contribution in [3.8, 4) is 0 Å². The summed E-state index contributed by atoms with van der Waals surface area (Å²) in [4.78, 5) is 12.0. The van der Waals surface area contributed by atoms with Crippen LogP contribution < -0.4 is 11.1 Å². The number of hydrogen-bond donors (Lipinski definition) is 2. The highest BCUT2D eigenvalue weighted by atomic mass is 16.2. The Labute approximate surface area is 121 Å². The zero-order valence-electron chi connectivity index (χ0n) is 12.8. The lowest BCUT2D eigenvalue weighted by Gasteiger charge is -2.31. The summed E-state index contributed by atoms with van der Waals surface area (Å²) in [6.45, 7) is 6.30. The van der Waals surface area contributed by atoms with Crippen LogP contribution in [0.15, 0.2) is 24.3 Å². The van der Waals surface area contributed by atoms with Crippen molar-refractivity contribution < 1.29 is 4.79 Å².